The van der Waals surface area contributed by atoms with E-state index in [4.69, 9.17) is 17.3 Å². The summed E-state index contributed by atoms with van der Waals surface area (Å²) in [7, 11) is 1.95. The molecule has 0 amide bonds. The molecule has 2 fully saturated rings. The number of aromatic nitrogens is 2. The Morgan fingerprint density at radius 3 is 2.65 bits per heavy atom. The van der Waals surface area contributed by atoms with E-state index in [1.165, 1.54) is 60.9 Å². The van der Waals surface area contributed by atoms with E-state index < -0.39 is 0 Å². The lowest BCUT2D eigenvalue weighted by Gasteiger charge is -2.47. The Morgan fingerprint density at radius 1 is 1.08 bits per heavy atom. The second-order valence-electron chi connectivity index (χ2n) is 15.2. The molecule has 5 N–H and O–H groups in total. The first-order chi connectivity index (χ1) is 25.3. The smallest absolute Gasteiger partial charge is 0.137 e. The Bertz CT molecular complexity index is 2030. The number of nitrogens with two attached hydrogens (primary N) is 1. The zero-order valence-electron chi connectivity index (χ0n) is 30.2. The largest absolute Gasteiger partial charge is 0.401 e. The first kappa shape index (κ1) is 35.1. The highest BCUT2D eigenvalue weighted by Crippen LogP contribution is 2.55. The second-order valence-corrected chi connectivity index (χ2v) is 16.5. The number of benzene rings is 2. The average Bonchev–Trinajstić information content (AvgIpc) is 3.62. The summed E-state index contributed by atoms with van der Waals surface area (Å²) >= 11 is 7.87. The van der Waals surface area contributed by atoms with Crippen molar-refractivity contribution in [1.29, 1.82) is 0 Å². The van der Waals surface area contributed by atoms with Gasteiger partial charge in [0.05, 0.1) is 6.04 Å². The molecular weight excluding hydrogens is 682 g/mol. The summed E-state index contributed by atoms with van der Waals surface area (Å²) in [6.07, 6.45) is 17.8. The Kier molecular flexibility index (Phi) is 10.3. The van der Waals surface area contributed by atoms with E-state index >= 15 is 0 Å². The Labute approximate surface area is 317 Å². The molecule has 1 spiro atoms. The minimum atomic E-state index is 0.190. The summed E-state index contributed by atoms with van der Waals surface area (Å²) in [5, 5.41) is 5.21. The predicted octanol–water partition coefficient (Wildman–Crippen LogP) is 8.66. The van der Waals surface area contributed by atoms with Gasteiger partial charge in [-0.1, -0.05) is 54.4 Å². The molecule has 0 bridgehead atoms. The highest BCUT2D eigenvalue weighted by molar-refractivity contribution is 8.01. The van der Waals surface area contributed by atoms with Gasteiger partial charge in [0.25, 0.3) is 0 Å². The van der Waals surface area contributed by atoms with E-state index in [1.54, 1.807) is 23.1 Å². The summed E-state index contributed by atoms with van der Waals surface area (Å²) in [5.74, 6) is 0. The third kappa shape index (κ3) is 7.58. The van der Waals surface area contributed by atoms with E-state index in [9.17, 15) is 0 Å². The molecule has 2 aromatic heterocycles. The molecule has 52 heavy (non-hydrogen) atoms. The standard InChI is InChI=1S/C43H50ClN7S/c1-29(49-52-37-9-11-41(46-2)40(45)25-37)38-10-8-36(24-34(38)23-30-22-32-13-17-47-42(32)48-27-30)51-20-18-50(19-21-51)28-33-12-16-43(14-3-15-43)26-39(33)31-4-6-35(44)7-5-31/h4-10,13,17,22,24-25,27,41,46,49H,1,3,11-12,14-16,18-21,23,26,28,45H2,2H3,(H,47,48). The number of hydrogen-bond donors (Lipinski definition) is 4. The highest BCUT2D eigenvalue weighted by atomic mass is 35.5. The van der Waals surface area contributed by atoms with Gasteiger partial charge < -0.3 is 25.7 Å². The summed E-state index contributed by atoms with van der Waals surface area (Å²) in [6.45, 7) is 9.68. The number of pyridine rings is 1. The van der Waals surface area contributed by atoms with E-state index in [2.05, 4.69) is 97.1 Å². The van der Waals surface area contributed by atoms with Crippen molar-refractivity contribution in [3.05, 3.63) is 129 Å². The summed E-state index contributed by atoms with van der Waals surface area (Å²) in [6, 6.07) is 20.0. The Hall–Kier alpha value is -3.95. The van der Waals surface area contributed by atoms with Crippen molar-refractivity contribution in [2.45, 2.75) is 57.4 Å². The third-order valence-corrected chi connectivity index (χ3v) is 13.0. The van der Waals surface area contributed by atoms with Gasteiger partial charge in [-0.05, 0) is 134 Å². The second kappa shape index (κ2) is 15.2. The lowest BCUT2D eigenvalue weighted by atomic mass is 9.59. The van der Waals surface area contributed by atoms with Crippen LogP contribution in [0.1, 0.15) is 67.2 Å². The van der Waals surface area contributed by atoms with Crippen molar-refractivity contribution in [2.75, 3.05) is 44.7 Å². The molecule has 1 unspecified atom stereocenters. The zero-order valence-corrected chi connectivity index (χ0v) is 31.8. The van der Waals surface area contributed by atoms with Gasteiger partial charge in [-0.2, -0.15) is 0 Å². The number of nitrogens with one attached hydrogen (secondary N) is 3. The van der Waals surface area contributed by atoms with Crippen LogP contribution >= 0.6 is 23.5 Å². The van der Waals surface area contributed by atoms with Crippen LogP contribution in [0.25, 0.3) is 22.3 Å². The molecular formula is C43H50ClN7S. The van der Waals surface area contributed by atoms with Gasteiger partial charge in [0.2, 0.25) is 0 Å². The number of H-pyrrole nitrogens is 1. The van der Waals surface area contributed by atoms with E-state index in [0.717, 1.165) is 83.5 Å². The number of allylic oxidation sites excluding steroid dienone is 2. The fourth-order valence-corrected chi connectivity index (χ4v) is 9.42. The lowest BCUT2D eigenvalue weighted by Crippen LogP contribution is -2.47. The molecule has 1 saturated heterocycles. The third-order valence-electron chi connectivity index (χ3n) is 11.9. The maximum atomic E-state index is 6.31. The fourth-order valence-electron chi connectivity index (χ4n) is 8.57. The number of anilines is 1. The number of likely N-dealkylation sites (N-methyl/N-ethyl adjacent to an activating group) is 1. The van der Waals surface area contributed by atoms with Gasteiger partial charge in [-0.3, -0.25) is 4.90 Å². The summed E-state index contributed by atoms with van der Waals surface area (Å²) in [5.41, 5.74) is 18.9. The molecule has 1 saturated carbocycles. The number of hydrogen-bond acceptors (Lipinski definition) is 7. The molecule has 270 valence electrons. The van der Waals surface area contributed by atoms with Crippen LogP contribution in [-0.4, -0.2) is 60.7 Å². The normalized spacial score (nSPS) is 20.5. The summed E-state index contributed by atoms with van der Waals surface area (Å²) in [4.78, 5) is 14.2. The predicted molar refractivity (Wildman–Crippen MR) is 220 cm³/mol. The molecule has 1 atom stereocenters. The lowest BCUT2D eigenvalue weighted by molar-refractivity contribution is 0.118. The van der Waals surface area contributed by atoms with Gasteiger partial charge in [-0.15, -0.1) is 0 Å². The molecule has 8 rings (SSSR count). The Morgan fingerprint density at radius 2 is 1.90 bits per heavy atom. The zero-order chi connectivity index (χ0) is 35.7. The monoisotopic (exact) mass is 731 g/mol. The molecule has 1 aliphatic heterocycles. The molecule has 2 aromatic carbocycles. The first-order valence-electron chi connectivity index (χ1n) is 18.8. The van der Waals surface area contributed by atoms with Crippen LogP contribution in [0.3, 0.4) is 0 Å². The van der Waals surface area contributed by atoms with Crippen molar-refractivity contribution >= 4 is 51.5 Å². The van der Waals surface area contributed by atoms with Crippen LogP contribution in [0.4, 0.5) is 5.69 Å². The molecule has 4 aliphatic rings. The quantitative estimate of drug-likeness (QED) is 0.115. The number of nitrogens with zero attached hydrogens (tertiary/aromatic N) is 3. The summed E-state index contributed by atoms with van der Waals surface area (Å²) < 4.78 is 3.53. The molecule has 3 aliphatic carbocycles. The molecule has 3 heterocycles. The topological polar surface area (TPSA) is 85.2 Å². The maximum absolute atomic E-state index is 6.31. The van der Waals surface area contributed by atoms with Crippen LogP contribution in [0, 0.1) is 5.41 Å². The number of rotatable bonds is 11. The van der Waals surface area contributed by atoms with Gasteiger partial charge in [-0.25, -0.2) is 4.98 Å². The Balaban J connectivity index is 0.979. The number of halogens is 1. The first-order valence-corrected chi connectivity index (χ1v) is 20.0. The van der Waals surface area contributed by atoms with E-state index in [1.807, 2.05) is 25.5 Å². The minimum absolute atomic E-state index is 0.190. The molecule has 7 nitrogen and oxygen atoms in total. The van der Waals surface area contributed by atoms with Crippen LogP contribution < -0.4 is 20.7 Å². The van der Waals surface area contributed by atoms with Crippen LogP contribution in [0.2, 0.25) is 5.02 Å². The van der Waals surface area contributed by atoms with Crippen LogP contribution in [0.15, 0.2) is 102 Å². The molecule has 9 heteroatoms. The van der Waals surface area contributed by atoms with Crippen molar-refractivity contribution in [2.24, 2.45) is 11.1 Å². The van der Waals surface area contributed by atoms with E-state index in [0.29, 0.717) is 5.41 Å². The fraction of sp³-hybridized carbons (Fsp3) is 0.372. The van der Waals surface area contributed by atoms with Gasteiger partial charge in [0.15, 0.2) is 0 Å². The van der Waals surface area contributed by atoms with Crippen molar-refractivity contribution in [1.82, 2.24) is 24.9 Å². The van der Waals surface area contributed by atoms with Gasteiger partial charge in [0.1, 0.15) is 5.65 Å². The number of fused-ring (bicyclic) bond motifs is 1. The highest BCUT2D eigenvalue weighted by Gasteiger charge is 2.40. The van der Waals surface area contributed by atoms with Crippen LogP contribution in [0.5, 0.6) is 0 Å². The van der Waals surface area contributed by atoms with E-state index in [-0.39, 0.29) is 6.04 Å². The average molecular weight is 732 g/mol. The molecule has 0 radical (unpaired) electrons. The SMILES string of the molecule is C=C(NSC1=CCC(NC)C(N)=C1)c1ccc(N2CCN(CC3=C(c4ccc(Cl)cc4)CC4(CCC4)CC3)CC2)cc1Cc1cnc2[nH]ccc2c1. The van der Waals surface area contributed by atoms with Gasteiger partial charge >= 0.3 is 0 Å². The van der Waals surface area contributed by atoms with Crippen molar-refractivity contribution in [3.63, 3.8) is 0 Å². The number of piperazine rings is 1. The van der Waals surface area contributed by atoms with Crippen molar-refractivity contribution < 1.29 is 0 Å². The number of aromatic amines is 1. The minimum Gasteiger partial charge on any atom is -0.401 e. The van der Waals surface area contributed by atoms with Crippen molar-refractivity contribution in [3.8, 4) is 0 Å². The van der Waals surface area contributed by atoms with Crippen LogP contribution in [-0.2, 0) is 6.42 Å². The maximum Gasteiger partial charge on any atom is 0.137 e. The molecule has 4 aromatic rings. The van der Waals surface area contributed by atoms with Gasteiger partial charge in [0, 0.05) is 83.1 Å².